The highest BCUT2D eigenvalue weighted by atomic mass is 16.6. The summed E-state index contributed by atoms with van der Waals surface area (Å²) in [6.07, 6.45) is 1.33. The molecule has 1 amide bonds. The quantitative estimate of drug-likeness (QED) is 0.281. The lowest BCUT2D eigenvalue weighted by atomic mass is 10.2. The number of aromatic nitrogens is 2. The van der Waals surface area contributed by atoms with E-state index in [0.717, 1.165) is 12.0 Å². The molecule has 0 radical (unpaired) electrons. The Morgan fingerprint density at radius 1 is 1.14 bits per heavy atom. The van der Waals surface area contributed by atoms with Crippen LogP contribution in [0.25, 0.3) is 0 Å². The number of unbranched alkanes of at least 4 members (excludes halogenated alkanes) is 1. The van der Waals surface area contributed by atoms with E-state index in [0.29, 0.717) is 12.1 Å². The van der Waals surface area contributed by atoms with Crippen LogP contribution >= 0.6 is 0 Å². The number of nitrogens with one attached hydrogen (secondary N) is 2. The van der Waals surface area contributed by atoms with Gasteiger partial charge in [-0.05, 0) is 18.1 Å². The number of amides is 1. The van der Waals surface area contributed by atoms with Gasteiger partial charge in [0.1, 0.15) is 11.5 Å². The summed E-state index contributed by atoms with van der Waals surface area (Å²) in [6, 6.07) is 15.3. The van der Waals surface area contributed by atoms with Crippen molar-refractivity contribution in [3.8, 4) is 0 Å². The molecule has 2 aromatic carbocycles. The number of benzene rings is 2. The van der Waals surface area contributed by atoms with Gasteiger partial charge in [-0.15, -0.1) is 0 Å². The minimum absolute atomic E-state index is 0.0492. The second-order valence-electron chi connectivity index (χ2n) is 7.91. The number of hydrogen-bond acceptors (Lipinski definition) is 7. The standard InChI is InChI=1S/C24H28N6O5/c1-2-3-15-28(20(31)13-14-26-18-11-7-8-12-19(18)30(34)35)21-22(25)29(24(33)27-23(21)32)16-17-9-5-4-6-10-17/h4-12,26H,2-3,13-16,25H2,1H3,(H,27,32,33). The van der Waals surface area contributed by atoms with Crippen LogP contribution in [0.1, 0.15) is 31.7 Å². The summed E-state index contributed by atoms with van der Waals surface area (Å²) in [7, 11) is 0. The zero-order valence-corrected chi connectivity index (χ0v) is 19.4. The molecule has 11 nitrogen and oxygen atoms in total. The predicted octanol–water partition coefficient (Wildman–Crippen LogP) is 2.71. The fraction of sp³-hybridized carbons (Fsp3) is 0.292. The Bertz CT molecular complexity index is 1300. The van der Waals surface area contributed by atoms with E-state index in [1.165, 1.54) is 15.5 Å². The molecule has 0 aliphatic carbocycles. The lowest BCUT2D eigenvalue weighted by Gasteiger charge is -2.24. The van der Waals surface area contributed by atoms with Gasteiger partial charge in [0.05, 0.1) is 11.5 Å². The number of nitro benzene ring substituents is 1. The molecule has 0 spiro atoms. The minimum Gasteiger partial charge on any atom is -0.383 e. The summed E-state index contributed by atoms with van der Waals surface area (Å²) < 4.78 is 1.23. The number of nitrogens with zero attached hydrogens (tertiary/aromatic N) is 3. The molecule has 35 heavy (non-hydrogen) atoms. The Kier molecular flexibility index (Phi) is 8.38. The van der Waals surface area contributed by atoms with Gasteiger partial charge in [0, 0.05) is 25.6 Å². The molecule has 1 heterocycles. The SMILES string of the molecule is CCCCN(C(=O)CCNc1ccccc1[N+](=O)[O-])c1c(N)n(Cc2ccccc2)c(=O)[nH]c1=O. The molecule has 0 unspecified atom stereocenters. The van der Waals surface area contributed by atoms with E-state index < -0.39 is 22.1 Å². The number of para-hydroxylation sites is 2. The molecule has 0 aliphatic heterocycles. The van der Waals surface area contributed by atoms with Crippen LogP contribution in [0.2, 0.25) is 0 Å². The van der Waals surface area contributed by atoms with Crippen molar-refractivity contribution >= 4 is 28.8 Å². The molecular formula is C24H28N6O5. The molecule has 0 saturated heterocycles. The molecule has 0 saturated carbocycles. The van der Waals surface area contributed by atoms with E-state index >= 15 is 0 Å². The third-order valence-corrected chi connectivity index (χ3v) is 5.46. The lowest BCUT2D eigenvalue weighted by molar-refractivity contribution is -0.384. The van der Waals surface area contributed by atoms with Gasteiger partial charge < -0.3 is 16.0 Å². The molecular weight excluding hydrogens is 452 g/mol. The van der Waals surface area contributed by atoms with Crippen LogP contribution < -0.4 is 27.2 Å². The minimum atomic E-state index is -0.743. The molecule has 0 bridgehead atoms. The third kappa shape index (κ3) is 6.14. The van der Waals surface area contributed by atoms with Gasteiger partial charge in [-0.3, -0.25) is 29.3 Å². The summed E-state index contributed by atoms with van der Waals surface area (Å²) in [5.74, 6) is -0.495. The number of anilines is 3. The Morgan fingerprint density at radius 2 is 1.83 bits per heavy atom. The van der Waals surface area contributed by atoms with Crippen LogP contribution in [0.3, 0.4) is 0 Å². The Morgan fingerprint density at radius 3 is 2.51 bits per heavy atom. The normalized spacial score (nSPS) is 10.7. The highest BCUT2D eigenvalue weighted by molar-refractivity contribution is 5.95. The Labute approximate surface area is 201 Å². The van der Waals surface area contributed by atoms with E-state index in [1.54, 1.807) is 18.2 Å². The summed E-state index contributed by atoms with van der Waals surface area (Å²) in [6.45, 7) is 2.42. The largest absolute Gasteiger partial charge is 0.383 e. The maximum atomic E-state index is 13.2. The maximum Gasteiger partial charge on any atom is 0.330 e. The van der Waals surface area contributed by atoms with Crippen molar-refractivity contribution in [2.24, 2.45) is 0 Å². The number of hydrogen-bond donors (Lipinski definition) is 3. The number of H-pyrrole nitrogens is 1. The molecule has 3 rings (SSSR count). The third-order valence-electron chi connectivity index (χ3n) is 5.46. The highest BCUT2D eigenvalue weighted by Gasteiger charge is 2.24. The van der Waals surface area contributed by atoms with Crippen molar-refractivity contribution in [2.75, 3.05) is 29.0 Å². The Balaban J connectivity index is 1.86. The van der Waals surface area contributed by atoms with E-state index in [2.05, 4.69) is 10.3 Å². The summed E-state index contributed by atoms with van der Waals surface area (Å²) in [5.41, 5.74) is 5.78. The number of rotatable bonds is 11. The fourth-order valence-corrected chi connectivity index (χ4v) is 3.66. The van der Waals surface area contributed by atoms with E-state index in [-0.39, 0.29) is 43.2 Å². The summed E-state index contributed by atoms with van der Waals surface area (Å²) in [5, 5.41) is 14.1. The maximum absolute atomic E-state index is 13.2. The first-order chi connectivity index (χ1) is 16.8. The molecule has 184 valence electrons. The van der Waals surface area contributed by atoms with E-state index in [1.807, 2.05) is 37.3 Å². The van der Waals surface area contributed by atoms with Crippen molar-refractivity contribution in [2.45, 2.75) is 32.7 Å². The van der Waals surface area contributed by atoms with Crippen LogP contribution in [0.5, 0.6) is 0 Å². The number of carbonyl (C=O) groups is 1. The number of nitro groups is 1. The van der Waals surface area contributed by atoms with Crippen molar-refractivity contribution < 1.29 is 9.72 Å². The summed E-state index contributed by atoms with van der Waals surface area (Å²) in [4.78, 5) is 52.7. The van der Waals surface area contributed by atoms with Gasteiger partial charge in [0.15, 0.2) is 5.69 Å². The molecule has 11 heteroatoms. The topological polar surface area (TPSA) is 156 Å². The van der Waals surface area contributed by atoms with Crippen LogP contribution in [-0.4, -0.2) is 33.5 Å². The zero-order valence-electron chi connectivity index (χ0n) is 19.4. The summed E-state index contributed by atoms with van der Waals surface area (Å²) >= 11 is 0. The molecule has 0 fully saturated rings. The van der Waals surface area contributed by atoms with Crippen molar-refractivity contribution in [1.82, 2.24) is 9.55 Å². The molecule has 1 aromatic heterocycles. The first-order valence-electron chi connectivity index (χ1n) is 11.3. The average molecular weight is 481 g/mol. The van der Waals surface area contributed by atoms with Crippen molar-refractivity contribution in [1.29, 1.82) is 0 Å². The van der Waals surface area contributed by atoms with Gasteiger partial charge in [-0.2, -0.15) is 0 Å². The van der Waals surface area contributed by atoms with Gasteiger partial charge in [-0.25, -0.2) is 4.79 Å². The zero-order chi connectivity index (χ0) is 25.4. The Hall–Kier alpha value is -4.41. The van der Waals surface area contributed by atoms with Gasteiger partial charge >= 0.3 is 5.69 Å². The molecule has 0 atom stereocenters. The number of nitrogens with two attached hydrogens (primary N) is 1. The first kappa shape index (κ1) is 25.2. The number of nitrogen functional groups attached to an aromatic ring is 1. The fourth-order valence-electron chi connectivity index (χ4n) is 3.66. The van der Waals surface area contributed by atoms with E-state index in [4.69, 9.17) is 5.73 Å². The van der Waals surface area contributed by atoms with Crippen molar-refractivity contribution in [3.63, 3.8) is 0 Å². The smallest absolute Gasteiger partial charge is 0.330 e. The monoisotopic (exact) mass is 480 g/mol. The van der Waals surface area contributed by atoms with Crippen LogP contribution in [-0.2, 0) is 11.3 Å². The molecule has 4 N–H and O–H groups in total. The number of aromatic amines is 1. The molecule has 3 aromatic rings. The molecule has 0 aliphatic rings. The van der Waals surface area contributed by atoms with E-state index in [9.17, 15) is 24.5 Å². The average Bonchev–Trinajstić information content (AvgIpc) is 2.84. The highest BCUT2D eigenvalue weighted by Crippen LogP contribution is 2.23. The number of carbonyl (C=O) groups excluding carboxylic acids is 1. The van der Waals surface area contributed by atoms with Gasteiger partial charge in [-0.1, -0.05) is 55.8 Å². The van der Waals surface area contributed by atoms with Crippen molar-refractivity contribution in [3.05, 3.63) is 91.1 Å². The van der Waals surface area contributed by atoms with Crippen LogP contribution in [0.4, 0.5) is 22.9 Å². The lowest BCUT2D eigenvalue weighted by Crippen LogP contribution is -2.42. The van der Waals surface area contributed by atoms with Gasteiger partial charge in [0.25, 0.3) is 11.2 Å². The van der Waals surface area contributed by atoms with Crippen LogP contribution in [0, 0.1) is 10.1 Å². The van der Waals surface area contributed by atoms with Gasteiger partial charge in [0.2, 0.25) is 5.91 Å². The van der Waals surface area contributed by atoms with Crippen LogP contribution in [0.15, 0.2) is 64.2 Å². The second kappa shape index (κ2) is 11.6. The first-order valence-corrected chi connectivity index (χ1v) is 11.3. The predicted molar refractivity (Wildman–Crippen MR) is 135 cm³/mol. The second-order valence-corrected chi connectivity index (χ2v) is 7.91.